The lowest BCUT2D eigenvalue weighted by Gasteiger charge is -2.26. The lowest BCUT2D eigenvalue weighted by molar-refractivity contribution is 0.0730. The van der Waals surface area contributed by atoms with Crippen LogP contribution in [0.4, 0.5) is 0 Å². The summed E-state index contributed by atoms with van der Waals surface area (Å²) in [6.07, 6.45) is 0. The number of ether oxygens (including phenoxy) is 1. The minimum absolute atomic E-state index is 0.225. The second-order valence-corrected chi connectivity index (χ2v) is 8.29. The number of aromatic nitrogens is 2. The van der Waals surface area contributed by atoms with Gasteiger partial charge in [-0.3, -0.25) is 0 Å². The summed E-state index contributed by atoms with van der Waals surface area (Å²) >= 11 is 6.15. The van der Waals surface area contributed by atoms with Crippen LogP contribution in [0.15, 0.2) is 57.9 Å². The Hall–Kier alpha value is -2.26. The normalized spacial score (nSPS) is 15.7. The molecule has 0 radical (unpaired) electrons. The Morgan fingerprint density at radius 1 is 1.00 bits per heavy atom. The molecular weight excluding hydrogens is 390 g/mol. The minimum atomic E-state index is -3.53. The molecule has 0 spiro atoms. The molecule has 0 saturated carbocycles. The zero-order chi connectivity index (χ0) is 18.9. The van der Waals surface area contributed by atoms with Gasteiger partial charge in [-0.2, -0.15) is 9.29 Å². The van der Waals surface area contributed by atoms with Crippen LogP contribution >= 0.6 is 11.6 Å². The molecule has 2 aromatic carbocycles. The standard InChI is InChI=1S/C18H16ClN3O4S/c19-16-4-2-1-3-15(16)18-20-17(21-26-18)13-5-7-14(8-6-13)27(23,24)22-9-11-25-12-10-22/h1-8H,9-12H2. The maximum absolute atomic E-state index is 12.7. The third kappa shape index (κ3) is 3.61. The van der Waals surface area contributed by atoms with Gasteiger partial charge < -0.3 is 9.26 Å². The van der Waals surface area contributed by atoms with Crippen molar-refractivity contribution in [2.75, 3.05) is 26.3 Å². The van der Waals surface area contributed by atoms with Gasteiger partial charge in [0.15, 0.2) is 0 Å². The number of hydrogen-bond acceptors (Lipinski definition) is 6. The molecule has 1 aliphatic heterocycles. The molecule has 0 bridgehead atoms. The van der Waals surface area contributed by atoms with E-state index >= 15 is 0 Å². The van der Waals surface area contributed by atoms with Gasteiger partial charge in [0.2, 0.25) is 15.8 Å². The zero-order valence-corrected chi connectivity index (χ0v) is 15.8. The lowest BCUT2D eigenvalue weighted by atomic mass is 10.2. The van der Waals surface area contributed by atoms with E-state index in [4.69, 9.17) is 20.9 Å². The molecular formula is C18H16ClN3O4S. The van der Waals surface area contributed by atoms with Crippen LogP contribution in [-0.2, 0) is 14.8 Å². The number of sulfonamides is 1. The smallest absolute Gasteiger partial charge is 0.259 e. The van der Waals surface area contributed by atoms with Crippen LogP contribution in [-0.4, -0.2) is 49.2 Å². The first-order chi connectivity index (χ1) is 13.1. The summed E-state index contributed by atoms with van der Waals surface area (Å²) in [4.78, 5) is 4.58. The van der Waals surface area contributed by atoms with Gasteiger partial charge in [0.25, 0.3) is 5.89 Å². The average molecular weight is 406 g/mol. The van der Waals surface area contributed by atoms with Gasteiger partial charge in [-0.05, 0) is 36.4 Å². The van der Waals surface area contributed by atoms with Crippen molar-refractivity contribution in [1.29, 1.82) is 0 Å². The fourth-order valence-corrected chi connectivity index (χ4v) is 4.42. The molecule has 7 nitrogen and oxygen atoms in total. The van der Waals surface area contributed by atoms with Gasteiger partial charge in [0, 0.05) is 18.7 Å². The largest absolute Gasteiger partial charge is 0.379 e. The summed E-state index contributed by atoms with van der Waals surface area (Å²) in [6, 6.07) is 13.6. The highest BCUT2D eigenvalue weighted by molar-refractivity contribution is 7.89. The molecule has 4 rings (SSSR count). The second kappa shape index (κ2) is 7.40. The molecule has 1 aromatic heterocycles. The molecule has 2 heterocycles. The highest BCUT2D eigenvalue weighted by atomic mass is 35.5. The van der Waals surface area contributed by atoms with Crippen LogP contribution in [0.1, 0.15) is 0 Å². The van der Waals surface area contributed by atoms with Gasteiger partial charge in [-0.1, -0.05) is 28.9 Å². The first kappa shape index (κ1) is 18.1. The molecule has 27 heavy (non-hydrogen) atoms. The monoisotopic (exact) mass is 405 g/mol. The van der Waals surface area contributed by atoms with Gasteiger partial charge >= 0.3 is 0 Å². The summed E-state index contributed by atoms with van der Waals surface area (Å²) in [5.41, 5.74) is 1.29. The zero-order valence-electron chi connectivity index (χ0n) is 14.2. The van der Waals surface area contributed by atoms with Crippen molar-refractivity contribution >= 4 is 21.6 Å². The third-order valence-corrected chi connectivity index (χ3v) is 6.49. The van der Waals surface area contributed by atoms with Crippen LogP contribution in [0.5, 0.6) is 0 Å². The van der Waals surface area contributed by atoms with E-state index in [2.05, 4.69) is 10.1 Å². The van der Waals surface area contributed by atoms with Crippen LogP contribution in [0.25, 0.3) is 22.8 Å². The summed E-state index contributed by atoms with van der Waals surface area (Å²) in [5.74, 6) is 0.667. The van der Waals surface area contributed by atoms with E-state index in [0.717, 1.165) is 0 Å². The van der Waals surface area contributed by atoms with Gasteiger partial charge in [-0.25, -0.2) is 8.42 Å². The number of rotatable bonds is 4. The highest BCUT2D eigenvalue weighted by Gasteiger charge is 2.26. The van der Waals surface area contributed by atoms with E-state index in [1.54, 1.807) is 36.4 Å². The maximum Gasteiger partial charge on any atom is 0.259 e. The summed E-state index contributed by atoms with van der Waals surface area (Å²) in [6.45, 7) is 1.53. The fourth-order valence-electron chi connectivity index (χ4n) is 2.80. The molecule has 1 fully saturated rings. The first-order valence-electron chi connectivity index (χ1n) is 8.33. The topological polar surface area (TPSA) is 85.5 Å². The molecule has 1 saturated heterocycles. The number of halogens is 1. The molecule has 0 unspecified atom stereocenters. The van der Waals surface area contributed by atoms with Crippen molar-refractivity contribution < 1.29 is 17.7 Å². The predicted octanol–water partition coefficient (Wildman–Crippen LogP) is 3.08. The molecule has 9 heteroatoms. The Kier molecular flexibility index (Phi) is 4.96. The molecule has 0 aliphatic carbocycles. The van der Waals surface area contributed by atoms with E-state index in [0.29, 0.717) is 54.2 Å². The Morgan fingerprint density at radius 2 is 1.70 bits per heavy atom. The van der Waals surface area contributed by atoms with E-state index < -0.39 is 10.0 Å². The van der Waals surface area contributed by atoms with Crippen molar-refractivity contribution in [3.05, 3.63) is 53.6 Å². The van der Waals surface area contributed by atoms with Gasteiger partial charge in [-0.15, -0.1) is 0 Å². The Bertz CT molecular complexity index is 1040. The Balaban J connectivity index is 1.59. The minimum Gasteiger partial charge on any atom is -0.379 e. The predicted molar refractivity (Wildman–Crippen MR) is 99.8 cm³/mol. The van der Waals surface area contributed by atoms with E-state index in [-0.39, 0.29) is 4.90 Å². The Morgan fingerprint density at radius 3 is 2.41 bits per heavy atom. The maximum atomic E-state index is 12.7. The number of morpholine rings is 1. The van der Waals surface area contributed by atoms with Crippen molar-refractivity contribution in [3.8, 4) is 22.8 Å². The first-order valence-corrected chi connectivity index (χ1v) is 10.1. The second-order valence-electron chi connectivity index (χ2n) is 5.94. The van der Waals surface area contributed by atoms with Crippen LogP contribution in [0.3, 0.4) is 0 Å². The third-order valence-electron chi connectivity index (χ3n) is 4.25. The number of benzene rings is 2. The van der Waals surface area contributed by atoms with Crippen molar-refractivity contribution in [1.82, 2.24) is 14.4 Å². The SMILES string of the molecule is O=S(=O)(c1ccc(-c2noc(-c3ccccc3Cl)n2)cc1)N1CCOCC1. The van der Waals surface area contributed by atoms with Crippen molar-refractivity contribution in [2.45, 2.75) is 4.90 Å². The van der Waals surface area contributed by atoms with Gasteiger partial charge in [0.05, 0.1) is 28.7 Å². The molecule has 3 aromatic rings. The Labute approximate surface area is 161 Å². The summed E-state index contributed by atoms with van der Waals surface area (Å²) < 4.78 is 37.3. The molecule has 0 amide bonds. The fraction of sp³-hybridized carbons (Fsp3) is 0.222. The molecule has 140 valence electrons. The van der Waals surface area contributed by atoms with E-state index in [9.17, 15) is 8.42 Å². The molecule has 1 aliphatic rings. The van der Waals surface area contributed by atoms with Crippen molar-refractivity contribution in [2.24, 2.45) is 0 Å². The van der Waals surface area contributed by atoms with Crippen LogP contribution in [0.2, 0.25) is 5.02 Å². The van der Waals surface area contributed by atoms with Crippen LogP contribution < -0.4 is 0 Å². The highest BCUT2D eigenvalue weighted by Crippen LogP contribution is 2.28. The lowest BCUT2D eigenvalue weighted by Crippen LogP contribution is -2.40. The van der Waals surface area contributed by atoms with Crippen LogP contribution in [0, 0.1) is 0 Å². The number of nitrogens with zero attached hydrogens (tertiary/aromatic N) is 3. The summed E-state index contributed by atoms with van der Waals surface area (Å²) in [7, 11) is -3.53. The quantitative estimate of drug-likeness (QED) is 0.663. The van der Waals surface area contributed by atoms with E-state index in [1.807, 2.05) is 12.1 Å². The van der Waals surface area contributed by atoms with Gasteiger partial charge in [0.1, 0.15) is 0 Å². The summed E-state index contributed by atoms with van der Waals surface area (Å²) in [5, 5.41) is 4.48. The number of hydrogen-bond donors (Lipinski definition) is 0. The molecule has 0 atom stereocenters. The van der Waals surface area contributed by atoms with Crippen molar-refractivity contribution in [3.63, 3.8) is 0 Å². The molecule has 0 N–H and O–H groups in total. The average Bonchev–Trinajstić information content (AvgIpc) is 3.19. The van der Waals surface area contributed by atoms with E-state index in [1.165, 1.54) is 4.31 Å².